The number of rotatable bonds is 17. The van der Waals surface area contributed by atoms with E-state index < -0.39 is 6.10 Å². The molecule has 1 N–H and O–H groups in total. The summed E-state index contributed by atoms with van der Waals surface area (Å²) in [5.41, 5.74) is 4.22. The first-order valence-corrected chi connectivity index (χ1v) is 15.6. The van der Waals surface area contributed by atoms with Gasteiger partial charge in [-0.1, -0.05) is 105 Å². The quantitative estimate of drug-likeness (QED) is 0.133. The van der Waals surface area contributed by atoms with Crippen LogP contribution in [0.4, 0.5) is 0 Å². The Morgan fingerprint density at radius 2 is 1.10 bits per heavy atom. The predicted molar refractivity (Wildman–Crippen MR) is 163 cm³/mol. The van der Waals surface area contributed by atoms with E-state index in [1.807, 2.05) is 84.3 Å². The fraction of sp³-hybridized carbons (Fsp3) is 0.344. The number of thioether (sulfide) groups is 2. The minimum atomic E-state index is -0.408. The molecule has 0 bridgehead atoms. The SMILES string of the molecule is CCSC(SCC)[C@H](OCc1ccccc1)[C@@H](OCc1ccccc1)[C@@H](OCc1ccccc1)c1cnc[nH]1. The predicted octanol–water partition coefficient (Wildman–Crippen LogP) is 7.67. The van der Waals surface area contributed by atoms with Crippen LogP contribution in [0.5, 0.6) is 0 Å². The zero-order valence-corrected chi connectivity index (χ0v) is 24.3. The molecular weight excluding hydrogens is 524 g/mol. The Bertz CT molecular complexity index is 1160. The van der Waals surface area contributed by atoms with Gasteiger partial charge < -0.3 is 19.2 Å². The summed E-state index contributed by atoms with van der Waals surface area (Å²) < 4.78 is 20.4. The number of nitrogens with zero attached hydrogens (tertiary/aromatic N) is 1. The summed E-state index contributed by atoms with van der Waals surface area (Å²) in [4.78, 5) is 7.63. The monoisotopic (exact) mass is 562 g/mol. The van der Waals surface area contributed by atoms with Gasteiger partial charge in [0.15, 0.2) is 0 Å². The van der Waals surface area contributed by atoms with Crippen LogP contribution in [0.15, 0.2) is 104 Å². The topological polar surface area (TPSA) is 56.4 Å². The van der Waals surface area contributed by atoms with Gasteiger partial charge in [-0.05, 0) is 28.2 Å². The molecule has 0 aliphatic carbocycles. The molecule has 0 unspecified atom stereocenters. The van der Waals surface area contributed by atoms with Crippen LogP contribution in [-0.2, 0) is 34.0 Å². The summed E-state index contributed by atoms with van der Waals surface area (Å²) >= 11 is 3.80. The molecular formula is C32H38N2O3S2. The van der Waals surface area contributed by atoms with Gasteiger partial charge in [0.05, 0.1) is 42.6 Å². The van der Waals surface area contributed by atoms with Crippen LogP contribution in [0.1, 0.15) is 42.3 Å². The Kier molecular flexibility index (Phi) is 12.5. The van der Waals surface area contributed by atoms with Gasteiger partial charge in [0.25, 0.3) is 0 Å². The summed E-state index contributed by atoms with van der Waals surface area (Å²) in [7, 11) is 0. The van der Waals surface area contributed by atoms with Crippen LogP contribution in [0.25, 0.3) is 0 Å². The third kappa shape index (κ3) is 9.26. The normalized spacial score (nSPS) is 13.8. The highest BCUT2D eigenvalue weighted by Gasteiger charge is 2.39. The zero-order chi connectivity index (χ0) is 27.1. The molecule has 4 aromatic rings. The van der Waals surface area contributed by atoms with E-state index in [1.54, 1.807) is 6.33 Å². The highest BCUT2D eigenvalue weighted by molar-refractivity contribution is 8.17. The molecule has 5 nitrogen and oxygen atoms in total. The van der Waals surface area contributed by atoms with Crippen molar-refractivity contribution in [2.75, 3.05) is 11.5 Å². The Morgan fingerprint density at radius 1 is 0.641 bits per heavy atom. The third-order valence-corrected chi connectivity index (χ3v) is 8.90. The lowest BCUT2D eigenvalue weighted by molar-refractivity contribution is -0.150. The number of hydrogen-bond acceptors (Lipinski definition) is 6. The van der Waals surface area contributed by atoms with Gasteiger partial charge in [-0.3, -0.25) is 0 Å². The molecule has 3 atom stereocenters. The van der Waals surface area contributed by atoms with Gasteiger partial charge >= 0.3 is 0 Å². The van der Waals surface area contributed by atoms with Crippen molar-refractivity contribution in [3.05, 3.63) is 126 Å². The number of nitrogens with one attached hydrogen (secondary N) is 1. The second-order valence-corrected chi connectivity index (χ2v) is 12.2. The number of benzene rings is 3. The maximum Gasteiger partial charge on any atom is 0.128 e. The summed E-state index contributed by atoms with van der Waals surface area (Å²) in [6.07, 6.45) is 2.49. The zero-order valence-electron chi connectivity index (χ0n) is 22.6. The van der Waals surface area contributed by atoms with E-state index >= 15 is 0 Å². The summed E-state index contributed by atoms with van der Waals surface area (Å²) in [5, 5.41) is 0. The number of aromatic amines is 1. The van der Waals surface area contributed by atoms with Crippen LogP contribution in [0, 0.1) is 0 Å². The third-order valence-electron chi connectivity index (χ3n) is 6.22. The van der Waals surface area contributed by atoms with E-state index in [-0.39, 0.29) is 16.8 Å². The average Bonchev–Trinajstić information content (AvgIpc) is 3.52. The van der Waals surface area contributed by atoms with Crippen molar-refractivity contribution in [2.24, 2.45) is 0 Å². The smallest absolute Gasteiger partial charge is 0.128 e. The molecule has 0 amide bonds. The van der Waals surface area contributed by atoms with Gasteiger partial charge in [-0.15, -0.1) is 23.5 Å². The Morgan fingerprint density at radius 3 is 1.54 bits per heavy atom. The van der Waals surface area contributed by atoms with Crippen LogP contribution in [-0.4, -0.2) is 38.3 Å². The molecule has 39 heavy (non-hydrogen) atoms. The van der Waals surface area contributed by atoms with Crippen molar-refractivity contribution in [3.63, 3.8) is 0 Å². The van der Waals surface area contributed by atoms with Crippen molar-refractivity contribution < 1.29 is 14.2 Å². The van der Waals surface area contributed by atoms with Crippen molar-refractivity contribution >= 4 is 23.5 Å². The lowest BCUT2D eigenvalue weighted by Crippen LogP contribution is -2.43. The number of aromatic nitrogens is 2. The molecule has 0 aliphatic rings. The van der Waals surface area contributed by atoms with Gasteiger partial charge in [0.2, 0.25) is 0 Å². The highest BCUT2D eigenvalue weighted by Crippen LogP contribution is 2.37. The lowest BCUT2D eigenvalue weighted by atomic mass is 10.0. The minimum Gasteiger partial charge on any atom is -0.369 e. The Balaban J connectivity index is 1.68. The fourth-order valence-electron chi connectivity index (χ4n) is 4.33. The van der Waals surface area contributed by atoms with Crippen molar-refractivity contribution in [1.29, 1.82) is 0 Å². The minimum absolute atomic E-state index is 0.162. The van der Waals surface area contributed by atoms with Crippen LogP contribution in [0.2, 0.25) is 0 Å². The Hall–Kier alpha value is -2.55. The maximum atomic E-state index is 6.80. The molecule has 0 radical (unpaired) electrons. The largest absolute Gasteiger partial charge is 0.369 e. The molecule has 0 saturated heterocycles. The molecule has 0 aliphatic heterocycles. The molecule has 0 saturated carbocycles. The van der Waals surface area contributed by atoms with E-state index in [2.05, 4.69) is 60.2 Å². The second-order valence-electron chi connectivity index (χ2n) is 9.03. The van der Waals surface area contributed by atoms with E-state index in [4.69, 9.17) is 14.2 Å². The molecule has 7 heteroatoms. The van der Waals surface area contributed by atoms with Crippen LogP contribution in [0.3, 0.4) is 0 Å². The summed E-state index contributed by atoms with van der Waals surface area (Å²) in [5.74, 6) is 1.96. The first-order chi connectivity index (χ1) is 19.3. The first-order valence-electron chi connectivity index (χ1n) is 13.5. The van der Waals surface area contributed by atoms with E-state index in [9.17, 15) is 0 Å². The van der Waals surface area contributed by atoms with Crippen LogP contribution < -0.4 is 0 Å². The number of H-pyrrole nitrogens is 1. The summed E-state index contributed by atoms with van der Waals surface area (Å²) in [6, 6.07) is 30.8. The fourth-order valence-corrected chi connectivity index (χ4v) is 7.03. The molecule has 0 fully saturated rings. The maximum absolute atomic E-state index is 6.80. The van der Waals surface area contributed by atoms with Crippen molar-refractivity contribution in [1.82, 2.24) is 9.97 Å². The number of imidazole rings is 1. The van der Waals surface area contributed by atoms with E-state index in [0.717, 1.165) is 33.9 Å². The average molecular weight is 563 g/mol. The van der Waals surface area contributed by atoms with Crippen molar-refractivity contribution in [2.45, 2.75) is 56.6 Å². The number of ether oxygens (including phenoxy) is 3. The van der Waals surface area contributed by atoms with Gasteiger partial charge in [-0.25, -0.2) is 4.98 Å². The molecule has 3 aromatic carbocycles. The molecule has 1 heterocycles. The summed E-state index contributed by atoms with van der Waals surface area (Å²) in [6.45, 7) is 5.79. The molecule has 206 valence electrons. The second kappa shape index (κ2) is 16.5. The van der Waals surface area contributed by atoms with Gasteiger partial charge in [-0.2, -0.15) is 0 Å². The highest BCUT2D eigenvalue weighted by atomic mass is 32.2. The Labute approximate surface area is 241 Å². The molecule has 1 aromatic heterocycles. The van der Waals surface area contributed by atoms with E-state index in [1.165, 1.54) is 0 Å². The molecule has 4 rings (SSSR count). The first kappa shape index (κ1) is 29.4. The van der Waals surface area contributed by atoms with E-state index in [0.29, 0.717) is 19.8 Å². The molecule has 0 spiro atoms. The van der Waals surface area contributed by atoms with Gasteiger partial charge in [0, 0.05) is 0 Å². The van der Waals surface area contributed by atoms with Gasteiger partial charge in [0.1, 0.15) is 18.3 Å². The van der Waals surface area contributed by atoms with Crippen LogP contribution >= 0.6 is 23.5 Å². The lowest BCUT2D eigenvalue weighted by Gasteiger charge is -2.37. The van der Waals surface area contributed by atoms with Crippen molar-refractivity contribution in [3.8, 4) is 0 Å². The standard InChI is InChI=1S/C32H38N2O3S2/c1-3-38-32(39-4-2)31(37-23-27-18-12-7-13-19-27)30(36-22-26-16-10-6-11-17-26)29(28-20-33-24-34-28)35-21-25-14-8-5-9-15-25/h5-20,24,29-32H,3-4,21-23H2,1-2H3,(H,33,34)/t29-,30-,31+/m0/s1. The number of hydrogen-bond donors (Lipinski definition) is 1.